The molecule has 0 aliphatic heterocycles. The summed E-state index contributed by atoms with van der Waals surface area (Å²) in [7, 11) is 0. The molecule has 0 spiro atoms. The molecule has 0 N–H and O–H groups in total. The van der Waals surface area contributed by atoms with Gasteiger partial charge in [-0.05, 0) is 41.8 Å². The molecule has 1 heterocycles. The number of rotatable bonds is 4. The minimum absolute atomic E-state index is 0.0767. The van der Waals surface area contributed by atoms with E-state index < -0.39 is 17.7 Å². The smallest absolute Gasteiger partial charge is 0.251 e. The first-order valence-corrected chi connectivity index (χ1v) is 7.43. The van der Waals surface area contributed by atoms with E-state index in [0.29, 0.717) is 12.2 Å². The summed E-state index contributed by atoms with van der Waals surface area (Å²) in [5, 5.41) is 0. The first-order chi connectivity index (χ1) is 11.6. The fraction of sp³-hybridized carbons (Fsp3) is 0.105. The third-order valence-corrected chi connectivity index (χ3v) is 3.58. The molecule has 3 aromatic rings. The second-order valence-corrected chi connectivity index (χ2v) is 5.13. The van der Waals surface area contributed by atoms with Crippen LogP contribution in [0.15, 0.2) is 54.6 Å². The standard InChI is InChI=1S/C19H14F3NO/c1-2-24-15-9-7-13(8-10-15)12-3-5-14(6-4-12)16-11-17(20)19(22)23-18(16)21/h3-11H,2H2,1H3. The van der Waals surface area contributed by atoms with Gasteiger partial charge in [0.15, 0.2) is 5.82 Å². The normalized spacial score (nSPS) is 10.7. The number of halogens is 3. The molecule has 24 heavy (non-hydrogen) atoms. The first-order valence-electron chi connectivity index (χ1n) is 7.43. The van der Waals surface area contributed by atoms with E-state index in [1.165, 1.54) is 0 Å². The largest absolute Gasteiger partial charge is 0.494 e. The maximum atomic E-state index is 13.7. The Morgan fingerprint density at radius 1 is 0.792 bits per heavy atom. The molecule has 122 valence electrons. The Hall–Kier alpha value is -2.82. The van der Waals surface area contributed by atoms with E-state index in [0.717, 1.165) is 22.9 Å². The van der Waals surface area contributed by atoms with E-state index in [1.54, 1.807) is 24.3 Å². The average molecular weight is 329 g/mol. The molecule has 0 saturated heterocycles. The fourth-order valence-electron chi connectivity index (χ4n) is 2.40. The van der Waals surface area contributed by atoms with Crippen molar-refractivity contribution >= 4 is 0 Å². The Bertz CT molecular complexity index is 846. The van der Waals surface area contributed by atoms with Crippen molar-refractivity contribution in [3.8, 4) is 28.0 Å². The molecule has 0 atom stereocenters. The molecule has 1 aromatic heterocycles. The molecule has 2 nitrogen and oxygen atoms in total. The van der Waals surface area contributed by atoms with Crippen LogP contribution in [-0.2, 0) is 0 Å². The average Bonchev–Trinajstić information content (AvgIpc) is 2.59. The zero-order chi connectivity index (χ0) is 17.1. The van der Waals surface area contributed by atoms with Gasteiger partial charge in [0.1, 0.15) is 5.75 Å². The van der Waals surface area contributed by atoms with Crippen molar-refractivity contribution in [3.63, 3.8) is 0 Å². The van der Waals surface area contributed by atoms with E-state index in [2.05, 4.69) is 4.98 Å². The van der Waals surface area contributed by atoms with E-state index >= 15 is 0 Å². The van der Waals surface area contributed by atoms with Gasteiger partial charge in [0.05, 0.1) is 6.61 Å². The van der Waals surface area contributed by atoms with Crippen molar-refractivity contribution < 1.29 is 17.9 Å². The zero-order valence-electron chi connectivity index (χ0n) is 12.9. The van der Waals surface area contributed by atoms with Gasteiger partial charge in [-0.25, -0.2) is 4.39 Å². The highest BCUT2D eigenvalue weighted by Crippen LogP contribution is 2.28. The van der Waals surface area contributed by atoms with Crippen LogP contribution in [0.3, 0.4) is 0 Å². The summed E-state index contributed by atoms with van der Waals surface area (Å²) >= 11 is 0. The molecule has 0 radical (unpaired) electrons. The van der Waals surface area contributed by atoms with E-state index in [4.69, 9.17) is 4.74 Å². The van der Waals surface area contributed by atoms with Gasteiger partial charge in [-0.15, -0.1) is 0 Å². The zero-order valence-corrected chi connectivity index (χ0v) is 12.9. The summed E-state index contributed by atoms with van der Waals surface area (Å²) in [5.74, 6) is -2.88. The summed E-state index contributed by atoms with van der Waals surface area (Å²) in [6, 6.07) is 15.2. The Balaban J connectivity index is 1.89. The van der Waals surface area contributed by atoms with Crippen molar-refractivity contribution in [2.45, 2.75) is 6.92 Å². The third-order valence-electron chi connectivity index (χ3n) is 3.58. The topological polar surface area (TPSA) is 22.1 Å². The number of aromatic nitrogens is 1. The van der Waals surface area contributed by atoms with Crippen LogP contribution in [0, 0.1) is 17.7 Å². The van der Waals surface area contributed by atoms with Gasteiger partial charge < -0.3 is 4.74 Å². The Labute approximate surface area is 137 Å². The van der Waals surface area contributed by atoms with E-state index in [1.807, 2.05) is 31.2 Å². The Kier molecular flexibility index (Phi) is 4.51. The number of nitrogens with zero attached hydrogens (tertiary/aromatic N) is 1. The van der Waals surface area contributed by atoms with Crippen LogP contribution in [0.25, 0.3) is 22.3 Å². The maximum Gasteiger partial charge on any atom is 0.251 e. The molecule has 0 unspecified atom stereocenters. The van der Waals surface area contributed by atoms with Gasteiger partial charge >= 0.3 is 0 Å². The van der Waals surface area contributed by atoms with Gasteiger partial charge in [-0.3, -0.25) is 0 Å². The van der Waals surface area contributed by atoms with Crippen LogP contribution >= 0.6 is 0 Å². The van der Waals surface area contributed by atoms with Crippen LogP contribution in [0.2, 0.25) is 0 Å². The van der Waals surface area contributed by atoms with Crippen LogP contribution < -0.4 is 4.74 Å². The highest BCUT2D eigenvalue weighted by molar-refractivity contribution is 5.70. The lowest BCUT2D eigenvalue weighted by atomic mass is 10.0. The lowest BCUT2D eigenvalue weighted by Crippen LogP contribution is -1.97. The maximum absolute atomic E-state index is 13.7. The highest BCUT2D eigenvalue weighted by atomic mass is 19.2. The predicted molar refractivity (Wildman–Crippen MR) is 86.2 cm³/mol. The molecule has 5 heteroatoms. The number of benzene rings is 2. The molecular formula is C19H14F3NO. The molecule has 0 fully saturated rings. The van der Waals surface area contributed by atoms with Gasteiger partial charge in [-0.1, -0.05) is 36.4 Å². The number of pyridine rings is 1. The van der Waals surface area contributed by atoms with Crippen molar-refractivity contribution in [1.29, 1.82) is 0 Å². The van der Waals surface area contributed by atoms with E-state index in [-0.39, 0.29) is 5.56 Å². The summed E-state index contributed by atoms with van der Waals surface area (Å²) in [6.07, 6.45) is 0. The lowest BCUT2D eigenvalue weighted by Gasteiger charge is -2.07. The molecule has 0 bridgehead atoms. The molecule has 3 rings (SSSR count). The van der Waals surface area contributed by atoms with Gasteiger partial charge in [-0.2, -0.15) is 13.8 Å². The minimum atomic E-state index is -1.44. The van der Waals surface area contributed by atoms with Crippen molar-refractivity contribution in [3.05, 3.63) is 72.3 Å². The van der Waals surface area contributed by atoms with E-state index in [9.17, 15) is 13.2 Å². The Morgan fingerprint density at radius 2 is 1.33 bits per heavy atom. The number of hydrogen-bond donors (Lipinski definition) is 0. The van der Waals surface area contributed by atoms with Crippen LogP contribution in [0.5, 0.6) is 5.75 Å². The second-order valence-electron chi connectivity index (χ2n) is 5.13. The summed E-state index contributed by atoms with van der Waals surface area (Å²) in [4.78, 5) is 2.94. The monoisotopic (exact) mass is 329 g/mol. The van der Waals surface area contributed by atoms with Gasteiger partial charge in [0.25, 0.3) is 5.95 Å². The third kappa shape index (κ3) is 3.25. The lowest BCUT2D eigenvalue weighted by molar-refractivity contribution is 0.340. The summed E-state index contributed by atoms with van der Waals surface area (Å²) < 4.78 is 45.3. The predicted octanol–water partition coefficient (Wildman–Crippen LogP) is 5.23. The highest BCUT2D eigenvalue weighted by Gasteiger charge is 2.13. The summed E-state index contributed by atoms with van der Waals surface area (Å²) in [5.41, 5.74) is 2.23. The molecule has 0 amide bonds. The van der Waals surface area contributed by atoms with Crippen LogP contribution in [0.1, 0.15) is 6.92 Å². The molecular weight excluding hydrogens is 315 g/mol. The quantitative estimate of drug-likeness (QED) is 0.611. The van der Waals surface area contributed by atoms with Crippen molar-refractivity contribution in [2.24, 2.45) is 0 Å². The van der Waals surface area contributed by atoms with Crippen LogP contribution in [0.4, 0.5) is 13.2 Å². The minimum Gasteiger partial charge on any atom is -0.494 e. The molecule has 0 saturated carbocycles. The van der Waals surface area contributed by atoms with Gasteiger partial charge in [0, 0.05) is 5.56 Å². The molecule has 2 aromatic carbocycles. The first kappa shape index (κ1) is 16.1. The fourth-order valence-corrected chi connectivity index (χ4v) is 2.40. The molecule has 0 aliphatic carbocycles. The molecule has 0 aliphatic rings. The number of hydrogen-bond acceptors (Lipinski definition) is 2. The summed E-state index contributed by atoms with van der Waals surface area (Å²) in [6.45, 7) is 2.51. The van der Waals surface area contributed by atoms with Crippen molar-refractivity contribution in [2.75, 3.05) is 6.61 Å². The van der Waals surface area contributed by atoms with Gasteiger partial charge in [0.2, 0.25) is 5.95 Å². The van der Waals surface area contributed by atoms with Crippen LogP contribution in [-0.4, -0.2) is 11.6 Å². The Morgan fingerprint density at radius 3 is 1.92 bits per heavy atom. The van der Waals surface area contributed by atoms with Crippen molar-refractivity contribution in [1.82, 2.24) is 4.98 Å². The number of ether oxygens (including phenoxy) is 1. The second kappa shape index (κ2) is 6.74. The SMILES string of the molecule is CCOc1ccc(-c2ccc(-c3cc(F)c(F)nc3F)cc2)cc1.